The van der Waals surface area contributed by atoms with Crippen LogP contribution in [0.1, 0.15) is 26.3 Å². The minimum atomic E-state index is 0.0809. The van der Waals surface area contributed by atoms with Gasteiger partial charge in [-0.1, -0.05) is 105 Å². The third-order valence-electron chi connectivity index (χ3n) is 7.69. The van der Waals surface area contributed by atoms with Crippen molar-refractivity contribution >= 4 is 39.6 Å². The minimum absolute atomic E-state index is 0.0809. The van der Waals surface area contributed by atoms with Gasteiger partial charge in [0.25, 0.3) is 0 Å². The monoisotopic (exact) mass is 552 g/mol. The molecule has 1 aliphatic heterocycles. The molecule has 1 aliphatic rings. The number of benzene rings is 5. The van der Waals surface area contributed by atoms with Gasteiger partial charge in [-0.15, -0.1) is 0 Å². The van der Waals surface area contributed by atoms with Crippen LogP contribution in [0.15, 0.2) is 121 Å². The quantitative estimate of drug-likeness (QED) is 0.218. The standard InChI is InChI=1S/C37H29ClN2O/c1-37(2,3)26-19-15-24(16-20-26)29-23-30(25-17-21-27(38)22-18-25)39-36-28(29)9-8-12-33(36)40-31-10-4-6-13-34(31)41-35-14-7-5-11-32(35)40/h4-23H,1-3H3. The molecule has 4 heteroatoms. The van der Waals surface area contributed by atoms with Crippen LogP contribution < -0.4 is 9.64 Å². The summed E-state index contributed by atoms with van der Waals surface area (Å²) in [6, 6.07) is 41.8. The van der Waals surface area contributed by atoms with Crippen molar-refractivity contribution in [1.82, 2.24) is 4.98 Å². The molecule has 0 amide bonds. The second kappa shape index (κ2) is 9.79. The summed E-state index contributed by atoms with van der Waals surface area (Å²) in [5.74, 6) is 1.63. The Morgan fingerprint density at radius 1 is 0.634 bits per heavy atom. The lowest BCUT2D eigenvalue weighted by atomic mass is 9.86. The summed E-state index contributed by atoms with van der Waals surface area (Å²) in [5, 5.41) is 1.79. The van der Waals surface area contributed by atoms with Gasteiger partial charge in [-0.05, 0) is 70.6 Å². The molecule has 0 spiro atoms. The lowest BCUT2D eigenvalue weighted by molar-refractivity contribution is 0.477. The summed E-state index contributed by atoms with van der Waals surface area (Å²) in [6.07, 6.45) is 0. The average Bonchev–Trinajstić information content (AvgIpc) is 2.99. The van der Waals surface area contributed by atoms with E-state index in [1.165, 1.54) is 5.56 Å². The van der Waals surface area contributed by atoms with Crippen molar-refractivity contribution in [3.8, 4) is 33.9 Å². The van der Waals surface area contributed by atoms with E-state index in [-0.39, 0.29) is 5.41 Å². The highest BCUT2D eigenvalue weighted by molar-refractivity contribution is 6.30. The van der Waals surface area contributed by atoms with E-state index in [1.54, 1.807) is 0 Å². The summed E-state index contributed by atoms with van der Waals surface area (Å²) >= 11 is 6.26. The van der Waals surface area contributed by atoms with Crippen LogP contribution in [0.2, 0.25) is 5.02 Å². The van der Waals surface area contributed by atoms with E-state index < -0.39 is 0 Å². The Bertz CT molecular complexity index is 1860. The smallest absolute Gasteiger partial charge is 0.151 e. The highest BCUT2D eigenvalue weighted by Gasteiger charge is 2.27. The summed E-state index contributed by atoms with van der Waals surface area (Å²) < 4.78 is 6.30. The van der Waals surface area contributed by atoms with Crippen molar-refractivity contribution in [2.75, 3.05) is 4.90 Å². The topological polar surface area (TPSA) is 25.4 Å². The first-order chi connectivity index (χ1) is 19.9. The lowest BCUT2D eigenvalue weighted by Gasteiger charge is -2.33. The number of ether oxygens (including phenoxy) is 1. The maximum absolute atomic E-state index is 6.30. The van der Waals surface area contributed by atoms with Gasteiger partial charge >= 0.3 is 0 Å². The number of hydrogen-bond acceptors (Lipinski definition) is 3. The Morgan fingerprint density at radius 2 is 1.22 bits per heavy atom. The number of anilines is 3. The summed E-state index contributed by atoms with van der Waals surface area (Å²) in [4.78, 5) is 7.58. The van der Waals surface area contributed by atoms with E-state index in [1.807, 2.05) is 60.7 Å². The van der Waals surface area contributed by atoms with E-state index in [9.17, 15) is 0 Å². The molecule has 0 unspecified atom stereocenters. The van der Waals surface area contributed by atoms with E-state index >= 15 is 0 Å². The van der Waals surface area contributed by atoms with Crippen molar-refractivity contribution < 1.29 is 4.74 Å². The molecule has 0 saturated heterocycles. The molecule has 1 aromatic heterocycles. The molecule has 0 N–H and O–H groups in total. The molecule has 7 rings (SSSR count). The molecule has 6 aromatic rings. The van der Waals surface area contributed by atoms with Crippen molar-refractivity contribution in [3.05, 3.63) is 132 Å². The van der Waals surface area contributed by atoms with Gasteiger partial charge in [-0.25, -0.2) is 4.98 Å². The van der Waals surface area contributed by atoms with Crippen LogP contribution in [0.3, 0.4) is 0 Å². The van der Waals surface area contributed by atoms with Gasteiger partial charge in [-0.2, -0.15) is 0 Å². The first-order valence-corrected chi connectivity index (χ1v) is 14.2. The van der Waals surface area contributed by atoms with Gasteiger partial charge in [0, 0.05) is 16.0 Å². The maximum atomic E-state index is 6.30. The van der Waals surface area contributed by atoms with Crippen molar-refractivity contribution in [2.45, 2.75) is 26.2 Å². The number of halogens is 1. The van der Waals surface area contributed by atoms with E-state index in [0.29, 0.717) is 5.02 Å². The number of para-hydroxylation sites is 5. The maximum Gasteiger partial charge on any atom is 0.151 e. The number of aromatic nitrogens is 1. The fraction of sp³-hybridized carbons (Fsp3) is 0.108. The molecule has 200 valence electrons. The Morgan fingerprint density at radius 3 is 1.85 bits per heavy atom. The molecule has 0 fully saturated rings. The van der Waals surface area contributed by atoms with Crippen molar-refractivity contribution in [3.63, 3.8) is 0 Å². The second-order valence-electron chi connectivity index (χ2n) is 11.4. The van der Waals surface area contributed by atoms with Crippen LogP contribution in [0.25, 0.3) is 33.3 Å². The first kappa shape index (κ1) is 25.4. The van der Waals surface area contributed by atoms with Crippen LogP contribution >= 0.6 is 11.6 Å². The van der Waals surface area contributed by atoms with Crippen LogP contribution in [-0.2, 0) is 5.41 Å². The molecule has 3 nitrogen and oxygen atoms in total. The van der Waals surface area contributed by atoms with Gasteiger partial charge in [0.15, 0.2) is 11.5 Å². The predicted molar refractivity (Wildman–Crippen MR) is 171 cm³/mol. The highest BCUT2D eigenvalue weighted by Crippen LogP contribution is 2.51. The molecule has 0 saturated carbocycles. The van der Waals surface area contributed by atoms with Gasteiger partial charge in [0.05, 0.1) is 28.3 Å². The summed E-state index contributed by atoms with van der Waals surface area (Å²) in [5.41, 5.74) is 9.46. The molecule has 0 atom stereocenters. The molecular weight excluding hydrogens is 524 g/mol. The zero-order valence-corrected chi connectivity index (χ0v) is 24.0. The average molecular weight is 553 g/mol. The fourth-order valence-corrected chi connectivity index (χ4v) is 5.66. The zero-order valence-electron chi connectivity index (χ0n) is 23.2. The second-order valence-corrected chi connectivity index (χ2v) is 11.9. The normalized spacial score (nSPS) is 12.5. The van der Waals surface area contributed by atoms with Crippen LogP contribution in [0.4, 0.5) is 17.1 Å². The Labute approximate surface area is 245 Å². The molecule has 0 radical (unpaired) electrons. The van der Waals surface area contributed by atoms with Gasteiger partial charge in [0.2, 0.25) is 0 Å². The minimum Gasteiger partial charge on any atom is -0.453 e. The van der Waals surface area contributed by atoms with Crippen LogP contribution in [0.5, 0.6) is 11.5 Å². The number of hydrogen-bond donors (Lipinski definition) is 0. The zero-order chi connectivity index (χ0) is 28.1. The van der Waals surface area contributed by atoms with Gasteiger partial charge < -0.3 is 9.64 Å². The lowest BCUT2D eigenvalue weighted by Crippen LogP contribution is -2.16. The number of nitrogens with zero attached hydrogens (tertiary/aromatic N) is 2. The molecular formula is C37H29ClN2O. The predicted octanol–water partition coefficient (Wildman–Crippen LogP) is 11.1. The first-order valence-electron chi connectivity index (χ1n) is 13.8. The SMILES string of the molecule is CC(C)(C)c1ccc(-c2cc(-c3ccc(Cl)cc3)nc3c(N4c5ccccc5Oc5ccccc54)cccc23)cc1. The summed E-state index contributed by atoms with van der Waals surface area (Å²) in [7, 11) is 0. The molecule has 0 aliphatic carbocycles. The van der Waals surface area contributed by atoms with Gasteiger partial charge in [-0.3, -0.25) is 0 Å². The summed E-state index contributed by atoms with van der Waals surface area (Å²) in [6.45, 7) is 6.73. The van der Waals surface area contributed by atoms with Gasteiger partial charge in [0.1, 0.15) is 0 Å². The Balaban J connectivity index is 1.51. The number of rotatable bonds is 3. The third kappa shape index (κ3) is 4.53. The van der Waals surface area contributed by atoms with E-state index in [0.717, 1.165) is 61.8 Å². The fourth-order valence-electron chi connectivity index (χ4n) is 5.54. The van der Waals surface area contributed by atoms with Crippen molar-refractivity contribution in [1.29, 1.82) is 0 Å². The van der Waals surface area contributed by atoms with Crippen molar-refractivity contribution in [2.24, 2.45) is 0 Å². The van der Waals surface area contributed by atoms with E-state index in [2.05, 4.69) is 86.3 Å². The Kier molecular flexibility index (Phi) is 6.06. The number of pyridine rings is 1. The van der Waals surface area contributed by atoms with Crippen LogP contribution in [0, 0.1) is 0 Å². The highest BCUT2D eigenvalue weighted by atomic mass is 35.5. The largest absolute Gasteiger partial charge is 0.453 e. The Hall–Kier alpha value is -4.60. The van der Waals surface area contributed by atoms with E-state index in [4.69, 9.17) is 21.3 Å². The molecule has 5 aromatic carbocycles. The third-order valence-corrected chi connectivity index (χ3v) is 7.95. The molecule has 2 heterocycles. The van der Waals surface area contributed by atoms with Crippen LogP contribution in [-0.4, -0.2) is 4.98 Å². The molecule has 41 heavy (non-hydrogen) atoms. The molecule has 0 bridgehead atoms. The number of fused-ring (bicyclic) bond motifs is 3.